The maximum absolute atomic E-state index is 12.9. The number of esters is 2. The highest BCUT2D eigenvalue weighted by Gasteiger charge is 2.27. The summed E-state index contributed by atoms with van der Waals surface area (Å²) in [5.74, 6) is -0.785. The van der Waals surface area contributed by atoms with Gasteiger partial charge < -0.3 is 18.9 Å². The zero-order valence-corrected chi connectivity index (χ0v) is 57.3. The summed E-state index contributed by atoms with van der Waals surface area (Å²) in [7, 11) is 1.49. The van der Waals surface area contributed by atoms with Crippen molar-refractivity contribution in [1.82, 2.24) is 0 Å². The minimum absolute atomic E-state index is 0.0327. The molecule has 10 heteroatoms. The molecule has 1 N–H and O–H groups in total. The monoisotopic (exact) mass is 1200 g/mol. The van der Waals surface area contributed by atoms with Crippen LogP contribution in [0.5, 0.6) is 0 Å². The molecular formula is C74H141NO8P+. The Kier molecular flexibility index (Phi) is 63.8. The SMILES string of the molecule is CCCCC/C=C\C/C=C\CCCCCCCCCCCC(=O)OCC(COP(=O)(O)OCC[N+](C)(C)C)OC(=O)CCCCCCCCCCCCCCCCCCCCCCCCCCCCCCC/C=C\C/C=C\CCCCCCC. The Labute approximate surface area is 522 Å². The summed E-state index contributed by atoms with van der Waals surface area (Å²) in [5.41, 5.74) is 0. The summed E-state index contributed by atoms with van der Waals surface area (Å²) in [5, 5.41) is 0. The van der Waals surface area contributed by atoms with E-state index in [1.165, 1.54) is 283 Å². The number of rotatable bonds is 68. The average molecular weight is 1200 g/mol. The van der Waals surface area contributed by atoms with Crippen molar-refractivity contribution in [2.45, 2.75) is 367 Å². The number of ether oxygens (including phenoxy) is 2. The van der Waals surface area contributed by atoms with Gasteiger partial charge in [0.2, 0.25) is 0 Å². The van der Waals surface area contributed by atoms with Crippen molar-refractivity contribution in [1.29, 1.82) is 0 Å². The van der Waals surface area contributed by atoms with Gasteiger partial charge in [-0.25, -0.2) is 4.57 Å². The predicted molar refractivity (Wildman–Crippen MR) is 363 cm³/mol. The normalized spacial score (nSPS) is 13.4. The van der Waals surface area contributed by atoms with E-state index in [-0.39, 0.29) is 32.0 Å². The highest BCUT2D eigenvalue weighted by Crippen LogP contribution is 2.43. The van der Waals surface area contributed by atoms with E-state index in [1.54, 1.807) is 0 Å². The Bertz CT molecular complexity index is 1560. The number of phosphoric acid groups is 1. The molecule has 0 amide bonds. The topological polar surface area (TPSA) is 108 Å². The van der Waals surface area contributed by atoms with Crippen LogP contribution in [0, 0.1) is 0 Å². The van der Waals surface area contributed by atoms with Gasteiger partial charge in [-0.05, 0) is 77.0 Å². The molecule has 0 radical (unpaired) electrons. The van der Waals surface area contributed by atoms with Crippen LogP contribution in [0.4, 0.5) is 0 Å². The van der Waals surface area contributed by atoms with Crippen LogP contribution >= 0.6 is 7.82 Å². The molecule has 0 fully saturated rings. The molecule has 0 heterocycles. The first kappa shape index (κ1) is 82.0. The summed E-state index contributed by atoms with van der Waals surface area (Å²) in [4.78, 5) is 35.8. The first-order chi connectivity index (χ1) is 41.0. The number of carbonyl (C=O) groups is 2. The average Bonchev–Trinajstić information content (AvgIpc) is 3.46. The molecule has 0 aromatic heterocycles. The highest BCUT2D eigenvalue weighted by molar-refractivity contribution is 7.47. The van der Waals surface area contributed by atoms with Gasteiger partial charge in [0.1, 0.15) is 19.8 Å². The lowest BCUT2D eigenvalue weighted by Gasteiger charge is -2.24. The lowest BCUT2D eigenvalue weighted by Crippen LogP contribution is -2.37. The van der Waals surface area contributed by atoms with E-state index in [0.29, 0.717) is 17.4 Å². The number of nitrogens with zero attached hydrogens (tertiary/aromatic N) is 1. The van der Waals surface area contributed by atoms with Crippen LogP contribution in [-0.2, 0) is 32.7 Å². The molecule has 494 valence electrons. The quantitative estimate of drug-likeness (QED) is 0.0211. The van der Waals surface area contributed by atoms with E-state index in [4.69, 9.17) is 18.5 Å². The van der Waals surface area contributed by atoms with Crippen molar-refractivity contribution in [2.75, 3.05) is 47.5 Å². The summed E-state index contributed by atoms with van der Waals surface area (Å²) in [6.07, 6.45) is 85.3. The second-order valence-electron chi connectivity index (χ2n) is 26.0. The molecule has 0 saturated heterocycles. The Morgan fingerprint density at radius 2 is 0.643 bits per heavy atom. The molecule has 2 unspecified atom stereocenters. The van der Waals surface area contributed by atoms with Gasteiger partial charge in [-0.3, -0.25) is 18.6 Å². The number of hydrogen-bond donors (Lipinski definition) is 1. The van der Waals surface area contributed by atoms with Crippen LogP contribution in [0.1, 0.15) is 361 Å². The van der Waals surface area contributed by atoms with Gasteiger partial charge >= 0.3 is 19.8 Å². The summed E-state index contributed by atoms with van der Waals surface area (Å²) >= 11 is 0. The number of carbonyl (C=O) groups excluding carboxylic acids is 2. The Morgan fingerprint density at radius 3 is 0.964 bits per heavy atom. The van der Waals surface area contributed by atoms with Gasteiger partial charge in [0.05, 0.1) is 27.7 Å². The second kappa shape index (κ2) is 65.4. The van der Waals surface area contributed by atoms with Gasteiger partial charge in [0, 0.05) is 12.8 Å². The van der Waals surface area contributed by atoms with Crippen molar-refractivity contribution >= 4 is 19.8 Å². The minimum atomic E-state index is -4.39. The lowest BCUT2D eigenvalue weighted by molar-refractivity contribution is -0.870. The molecule has 0 aliphatic heterocycles. The fourth-order valence-corrected chi connectivity index (χ4v) is 11.5. The van der Waals surface area contributed by atoms with Crippen LogP contribution in [0.25, 0.3) is 0 Å². The smallest absolute Gasteiger partial charge is 0.462 e. The Balaban J connectivity index is 3.87. The zero-order chi connectivity index (χ0) is 61.2. The maximum atomic E-state index is 12.9. The lowest BCUT2D eigenvalue weighted by atomic mass is 10.0. The van der Waals surface area contributed by atoms with E-state index in [9.17, 15) is 19.0 Å². The first-order valence-corrected chi connectivity index (χ1v) is 37.9. The van der Waals surface area contributed by atoms with E-state index < -0.39 is 26.5 Å². The first-order valence-electron chi connectivity index (χ1n) is 36.4. The number of phosphoric ester groups is 1. The van der Waals surface area contributed by atoms with E-state index >= 15 is 0 Å². The van der Waals surface area contributed by atoms with Crippen LogP contribution < -0.4 is 0 Å². The third-order valence-electron chi connectivity index (χ3n) is 16.3. The van der Waals surface area contributed by atoms with Crippen molar-refractivity contribution in [3.8, 4) is 0 Å². The molecule has 0 rings (SSSR count). The fraction of sp³-hybridized carbons (Fsp3) is 0.865. The molecule has 0 bridgehead atoms. The van der Waals surface area contributed by atoms with E-state index in [0.717, 1.165) is 44.9 Å². The van der Waals surface area contributed by atoms with Crippen molar-refractivity contribution in [3.05, 3.63) is 48.6 Å². The third kappa shape index (κ3) is 69.1. The molecule has 84 heavy (non-hydrogen) atoms. The predicted octanol–water partition coefficient (Wildman–Crippen LogP) is 23.6. The molecule has 0 aromatic rings. The second-order valence-corrected chi connectivity index (χ2v) is 27.4. The van der Waals surface area contributed by atoms with Crippen molar-refractivity contribution < 1.29 is 42.1 Å². The van der Waals surface area contributed by atoms with E-state index in [1.807, 2.05) is 21.1 Å². The van der Waals surface area contributed by atoms with Crippen molar-refractivity contribution in [2.24, 2.45) is 0 Å². The maximum Gasteiger partial charge on any atom is 0.472 e. The largest absolute Gasteiger partial charge is 0.472 e. The molecule has 0 aliphatic carbocycles. The van der Waals surface area contributed by atoms with Crippen LogP contribution in [0.3, 0.4) is 0 Å². The molecule has 2 atom stereocenters. The van der Waals surface area contributed by atoms with Gasteiger partial charge in [0.15, 0.2) is 6.10 Å². The van der Waals surface area contributed by atoms with Crippen molar-refractivity contribution in [3.63, 3.8) is 0 Å². The molecule has 0 aliphatic rings. The number of quaternary nitrogens is 1. The summed E-state index contributed by atoms with van der Waals surface area (Å²) in [6.45, 7) is 4.45. The molecule has 0 aromatic carbocycles. The molecule has 0 saturated carbocycles. The fourth-order valence-electron chi connectivity index (χ4n) is 10.7. The zero-order valence-electron chi connectivity index (χ0n) is 56.4. The van der Waals surface area contributed by atoms with Gasteiger partial charge in [-0.15, -0.1) is 0 Å². The third-order valence-corrected chi connectivity index (χ3v) is 17.3. The van der Waals surface area contributed by atoms with Gasteiger partial charge in [-0.1, -0.05) is 319 Å². The molecule has 9 nitrogen and oxygen atoms in total. The number of hydrogen-bond acceptors (Lipinski definition) is 7. The number of allylic oxidation sites excluding steroid dienone is 8. The Morgan fingerprint density at radius 1 is 0.369 bits per heavy atom. The van der Waals surface area contributed by atoms with Gasteiger partial charge in [0.25, 0.3) is 0 Å². The Hall–Kier alpha value is -2.03. The van der Waals surface area contributed by atoms with Crippen LogP contribution in [-0.4, -0.2) is 74.9 Å². The summed E-state index contributed by atoms with van der Waals surface area (Å²) < 4.78 is 34.7. The van der Waals surface area contributed by atoms with Crippen LogP contribution in [0.15, 0.2) is 48.6 Å². The number of likely N-dealkylation sites (N-methyl/N-ethyl adjacent to an activating group) is 1. The minimum Gasteiger partial charge on any atom is -0.462 e. The molecule has 0 spiro atoms. The standard InChI is InChI=1S/C74H140NO8P/c1-6-8-10-12-14-16-18-20-22-24-26-27-28-29-30-31-32-33-34-35-36-37-38-39-40-41-42-43-44-45-46-47-49-51-53-55-57-59-61-63-65-67-74(77)83-72(71-82-84(78,79)81-69-68-75(3,4)5)70-80-73(76)66-64-62-60-58-56-54-52-50-48-25-23-21-19-17-15-13-11-9-7-2/h15,17-18,20-21,23-24,26,72H,6-14,16,19,22,25,27-71H2,1-5H3/p+1/b17-15-,20-18-,23-21-,26-24-. The van der Waals surface area contributed by atoms with Crippen LogP contribution in [0.2, 0.25) is 0 Å². The molecular weight excluding hydrogens is 1060 g/mol. The van der Waals surface area contributed by atoms with Gasteiger partial charge in [-0.2, -0.15) is 0 Å². The number of unbranched alkanes of at least 4 members (excludes halogenated alkanes) is 46. The van der Waals surface area contributed by atoms with E-state index in [2.05, 4.69) is 62.5 Å². The summed E-state index contributed by atoms with van der Waals surface area (Å²) in [6, 6.07) is 0. The highest BCUT2D eigenvalue weighted by atomic mass is 31.2.